The van der Waals surface area contributed by atoms with Crippen LogP contribution in [0.5, 0.6) is 0 Å². The van der Waals surface area contributed by atoms with Gasteiger partial charge in [-0.1, -0.05) is 13.8 Å². The zero-order valence-electron chi connectivity index (χ0n) is 12.4. The minimum absolute atomic E-state index is 0.445. The summed E-state index contributed by atoms with van der Waals surface area (Å²) in [5.74, 6) is 1.74. The molecule has 104 valence electrons. The summed E-state index contributed by atoms with van der Waals surface area (Å²) in [7, 11) is 0. The van der Waals surface area contributed by atoms with Crippen LogP contribution in [0.15, 0.2) is 6.33 Å². The minimum Gasteiger partial charge on any atom is -0.367 e. The Morgan fingerprint density at radius 1 is 1.16 bits per heavy atom. The molecule has 2 rings (SSSR count). The Kier molecular flexibility index (Phi) is 4.40. The first-order chi connectivity index (χ1) is 8.99. The van der Waals surface area contributed by atoms with Gasteiger partial charge >= 0.3 is 0 Å². The van der Waals surface area contributed by atoms with E-state index in [1.807, 2.05) is 0 Å². The lowest BCUT2D eigenvalue weighted by Crippen LogP contribution is -2.17. The first-order valence-corrected chi connectivity index (χ1v) is 7.78. The fourth-order valence-corrected chi connectivity index (χ4v) is 3.18. The average Bonchev–Trinajstić information content (AvgIpc) is 2.64. The number of hydrogen-bond acceptors (Lipinski definition) is 4. The van der Waals surface area contributed by atoms with Crippen molar-refractivity contribution < 1.29 is 0 Å². The number of fused-ring (bicyclic) bond motifs is 1. The molecule has 0 radical (unpaired) electrons. The van der Waals surface area contributed by atoms with Gasteiger partial charge in [-0.15, -0.1) is 11.3 Å². The van der Waals surface area contributed by atoms with E-state index >= 15 is 0 Å². The van der Waals surface area contributed by atoms with Crippen LogP contribution in [-0.2, 0) is 0 Å². The van der Waals surface area contributed by atoms with Crippen molar-refractivity contribution in [2.45, 2.75) is 53.5 Å². The maximum absolute atomic E-state index is 4.43. The maximum Gasteiger partial charge on any atom is 0.138 e. The third-order valence-corrected chi connectivity index (χ3v) is 4.64. The van der Waals surface area contributed by atoms with Gasteiger partial charge in [-0.25, -0.2) is 9.97 Å². The molecule has 0 bridgehead atoms. The zero-order chi connectivity index (χ0) is 14.0. The molecule has 4 heteroatoms. The zero-order valence-corrected chi connectivity index (χ0v) is 13.3. The largest absolute Gasteiger partial charge is 0.367 e. The Morgan fingerprint density at radius 2 is 1.89 bits per heavy atom. The third kappa shape index (κ3) is 3.24. The van der Waals surface area contributed by atoms with Crippen molar-refractivity contribution in [1.29, 1.82) is 0 Å². The molecule has 2 heterocycles. The van der Waals surface area contributed by atoms with Crippen LogP contribution in [0.1, 0.15) is 44.1 Å². The number of hydrogen-bond donors (Lipinski definition) is 1. The Balaban J connectivity index is 2.20. The number of nitrogens with zero attached hydrogens (tertiary/aromatic N) is 2. The van der Waals surface area contributed by atoms with Crippen LogP contribution < -0.4 is 5.32 Å². The molecule has 3 nitrogen and oxygen atoms in total. The molecule has 2 aromatic rings. The second-order valence-electron chi connectivity index (χ2n) is 5.70. The summed E-state index contributed by atoms with van der Waals surface area (Å²) in [6, 6.07) is 0.445. The van der Waals surface area contributed by atoms with Gasteiger partial charge in [0.15, 0.2) is 0 Å². The van der Waals surface area contributed by atoms with E-state index in [0.717, 1.165) is 16.6 Å². The van der Waals surface area contributed by atoms with Gasteiger partial charge in [0.1, 0.15) is 17.0 Å². The summed E-state index contributed by atoms with van der Waals surface area (Å²) < 4.78 is 0. The predicted molar refractivity (Wildman–Crippen MR) is 84.0 cm³/mol. The maximum atomic E-state index is 4.43. The summed E-state index contributed by atoms with van der Waals surface area (Å²) >= 11 is 1.75. The first-order valence-electron chi connectivity index (χ1n) is 6.96. The lowest BCUT2D eigenvalue weighted by Gasteiger charge is -2.16. The number of thiophene rings is 1. The molecule has 0 fully saturated rings. The van der Waals surface area contributed by atoms with Gasteiger partial charge in [0.25, 0.3) is 0 Å². The van der Waals surface area contributed by atoms with Crippen LogP contribution in [0, 0.1) is 19.8 Å². The fourth-order valence-electron chi connectivity index (χ4n) is 2.18. The Labute approximate surface area is 119 Å². The lowest BCUT2D eigenvalue weighted by atomic mass is 10.0. The highest BCUT2D eigenvalue weighted by atomic mass is 32.1. The molecule has 0 aliphatic heterocycles. The first kappa shape index (κ1) is 14.3. The second kappa shape index (κ2) is 5.87. The van der Waals surface area contributed by atoms with Crippen molar-refractivity contribution in [3.63, 3.8) is 0 Å². The van der Waals surface area contributed by atoms with Gasteiger partial charge < -0.3 is 5.32 Å². The van der Waals surface area contributed by atoms with Gasteiger partial charge in [-0.05, 0) is 45.1 Å². The monoisotopic (exact) mass is 277 g/mol. The molecule has 0 spiro atoms. The van der Waals surface area contributed by atoms with Crippen LogP contribution in [0.4, 0.5) is 5.82 Å². The third-order valence-electron chi connectivity index (χ3n) is 3.53. The molecule has 2 aromatic heterocycles. The molecule has 0 amide bonds. The van der Waals surface area contributed by atoms with Gasteiger partial charge in [-0.3, -0.25) is 0 Å². The van der Waals surface area contributed by atoms with Crippen molar-refractivity contribution in [2.24, 2.45) is 5.92 Å². The lowest BCUT2D eigenvalue weighted by molar-refractivity contribution is 0.527. The highest BCUT2D eigenvalue weighted by molar-refractivity contribution is 7.18. The van der Waals surface area contributed by atoms with Crippen molar-refractivity contribution in [1.82, 2.24) is 9.97 Å². The van der Waals surface area contributed by atoms with Crippen molar-refractivity contribution in [3.05, 3.63) is 16.8 Å². The minimum atomic E-state index is 0.445. The SMILES string of the molecule is Cc1sc2ncnc(NC(C)CCC(C)C)c2c1C. The summed E-state index contributed by atoms with van der Waals surface area (Å²) in [5.41, 5.74) is 1.30. The topological polar surface area (TPSA) is 37.8 Å². The summed E-state index contributed by atoms with van der Waals surface area (Å²) in [6.45, 7) is 11.1. The number of anilines is 1. The van der Waals surface area contributed by atoms with Crippen molar-refractivity contribution >= 4 is 27.4 Å². The number of aryl methyl sites for hydroxylation is 2. The molecule has 1 N–H and O–H groups in total. The quantitative estimate of drug-likeness (QED) is 0.871. The molecule has 0 saturated heterocycles. The summed E-state index contributed by atoms with van der Waals surface area (Å²) in [4.78, 5) is 11.2. The molecule has 1 unspecified atom stereocenters. The van der Waals surface area contributed by atoms with Gasteiger partial charge in [0.2, 0.25) is 0 Å². The molecule has 19 heavy (non-hydrogen) atoms. The van der Waals surface area contributed by atoms with E-state index in [9.17, 15) is 0 Å². The van der Waals surface area contributed by atoms with Crippen molar-refractivity contribution in [3.8, 4) is 0 Å². The van der Waals surface area contributed by atoms with Crippen LogP contribution in [-0.4, -0.2) is 16.0 Å². The van der Waals surface area contributed by atoms with E-state index in [0.29, 0.717) is 6.04 Å². The van der Waals surface area contributed by atoms with E-state index in [4.69, 9.17) is 0 Å². The van der Waals surface area contributed by atoms with E-state index in [2.05, 4.69) is 49.9 Å². The normalized spacial score (nSPS) is 13.2. The molecule has 0 aromatic carbocycles. The Morgan fingerprint density at radius 3 is 2.58 bits per heavy atom. The summed E-state index contributed by atoms with van der Waals surface area (Å²) in [5, 5.41) is 4.75. The standard InChI is InChI=1S/C15H23N3S/c1-9(2)6-7-10(3)18-14-13-11(4)12(5)19-15(13)17-8-16-14/h8-10H,6-7H2,1-5H3,(H,16,17,18). The van der Waals surface area contributed by atoms with E-state index in [1.165, 1.54) is 28.7 Å². The van der Waals surface area contributed by atoms with E-state index in [1.54, 1.807) is 17.7 Å². The highest BCUT2D eigenvalue weighted by Gasteiger charge is 2.13. The molecule has 0 aliphatic rings. The highest BCUT2D eigenvalue weighted by Crippen LogP contribution is 2.32. The Hall–Kier alpha value is -1.16. The van der Waals surface area contributed by atoms with Crippen LogP contribution in [0.2, 0.25) is 0 Å². The molecular formula is C15H23N3S. The molecule has 1 atom stereocenters. The molecule has 0 aliphatic carbocycles. The Bertz CT molecular complexity index is 560. The van der Waals surface area contributed by atoms with E-state index < -0.39 is 0 Å². The van der Waals surface area contributed by atoms with Gasteiger partial charge in [0, 0.05) is 10.9 Å². The van der Waals surface area contributed by atoms with E-state index in [-0.39, 0.29) is 0 Å². The number of nitrogens with one attached hydrogen (secondary N) is 1. The van der Waals surface area contributed by atoms with Crippen LogP contribution in [0.25, 0.3) is 10.2 Å². The molecule has 0 saturated carbocycles. The number of aromatic nitrogens is 2. The van der Waals surface area contributed by atoms with Gasteiger partial charge in [-0.2, -0.15) is 0 Å². The van der Waals surface area contributed by atoms with Crippen LogP contribution in [0.3, 0.4) is 0 Å². The van der Waals surface area contributed by atoms with Crippen molar-refractivity contribution in [2.75, 3.05) is 5.32 Å². The average molecular weight is 277 g/mol. The van der Waals surface area contributed by atoms with Crippen LogP contribution >= 0.6 is 11.3 Å². The second-order valence-corrected chi connectivity index (χ2v) is 6.91. The molecular weight excluding hydrogens is 254 g/mol. The number of rotatable bonds is 5. The van der Waals surface area contributed by atoms with Gasteiger partial charge in [0.05, 0.1) is 5.39 Å². The fraction of sp³-hybridized carbons (Fsp3) is 0.600. The summed E-state index contributed by atoms with van der Waals surface area (Å²) in [6.07, 6.45) is 4.07. The predicted octanol–water partition coefficient (Wildman–Crippen LogP) is 4.54. The smallest absolute Gasteiger partial charge is 0.138 e.